The number of halogens is 1. The topological polar surface area (TPSA) is 96.5 Å². The van der Waals surface area contributed by atoms with Gasteiger partial charge >= 0.3 is 6.09 Å². The average Bonchev–Trinajstić information content (AvgIpc) is 2.67. The van der Waals surface area contributed by atoms with Crippen molar-refractivity contribution in [3.8, 4) is 0 Å². The predicted octanol–water partition coefficient (Wildman–Crippen LogP) is 4.76. The van der Waals surface area contributed by atoms with Crippen LogP contribution >= 0.6 is 11.6 Å². The molecule has 0 atom stereocenters. The van der Waals surface area contributed by atoms with Gasteiger partial charge in [-0.3, -0.25) is 9.59 Å². The number of hydrogen-bond acceptors (Lipinski definition) is 4. The fraction of sp³-hybridized carbons (Fsp3) is 0.348. The Kier molecular flexibility index (Phi) is 8.88. The zero-order valence-corrected chi connectivity index (χ0v) is 18.7. The SMILES string of the molecule is CC(C)(C)OC(=O)NCCC(=O)Nc1ccccc1NC(=O)CCc1ccc(Cl)cc1. The number of anilines is 2. The maximum Gasteiger partial charge on any atom is 0.407 e. The van der Waals surface area contributed by atoms with E-state index in [0.29, 0.717) is 29.2 Å². The summed E-state index contributed by atoms with van der Waals surface area (Å²) in [6.45, 7) is 5.43. The maximum atomic E-state index is 12.3. The lowest BCUT2D eigenvalue weighted by atomic mass is 10.1. The van der Waals surface area contributed by atoms with Crippen LogP contribution in [0, 0.1) is 0 Å². The molecule has 0 saturated heterocycles. The van der Waals surface area contributed by atoms with E-state index >= 15 is 0 Å². The third-order valence-electron chi connectivity index (χ3n) is 4.05. The molecule has 7 nitrogen and oxygen atoms in total. The largest absolute Gasteiger partial charge is 0.444 e. The molecule has 0 unspecified atom stereocenters. The summed E-state index contributed by atoms with van der Waals surface area (Å²) in [5, 5.41) is 8.78. The van der Waals surface area contributed by atoms with E-state index in [-0.39, 0.29) is 24.8 Å². The van der Waals surface area contributed by atoms with Gasteiger partial charge in [-0.25, -0.2) is 4.79 Å². The van der Waals surface area contributed by atoms with Crippen LogP contribution in [0.2, 0.25) is 5.02 Å². The summed E-state index contributed by atoms with van der Waals surface area (Å²) < 4.78 is 5.13. The summed E-state index contributed by atoms with van der Waals surface area (Å²) in [6.07, 6.45) is 0.365. The van der Waals surface area contributed by atoms with Gasteiger partial charge in [0.15, 0.2) is 0 Å². The van der Waals surface area contributed by atoms with Crippen molar-refractivity contribution in [1.82, 2.24) is 5.32 Å². The monoisotopic (exact) mass is 445 g/mol. The Labute approximate surface area is 187 Å². The molecule has 0 saturated carbocycles. The van der Waals surface area contributed by atoms with E-state index in [1.165, 1.54) is 0 Å². The molecule has 0 aliphatic heterocycles. The molecule has 0 spiro atoms. The Bertz CT molecular complexity index is 908. The van der Waals surface area contributed by atoms with Crippen molar-refractivity contribution >= 4 is 40.9 Å². The third kappa shape index (κ3) is 9.53. The van der Waals surface area contributed by atoms with E-state index in [9.17, 15) is 14.4 Å². The quantitative estimate of drug-likeness (QED) is 0.545. The van der Waals surface area contributed by atoms with E-state index in [1.807, 2.05) is 12.1 Å². The Morgan fingerprint density at radius 1 is 0.871 bits per heavy atom. The van der Waals surface area contributed by atoms with Crippen LogP contribution in [0.5, 0.6) is 0 Å². The normalized spacial score (nSPS) is 10.8. The Morgan fingerprint density at radius 3 is 1.97 bits per heavy atom. The summed E-state index contributed by atoms with van der Waals surface area (Å²) in [4.78, 5) is 36.2. The van der Waals surface area contributed by atoms with Gasteiger partial charge in [0.25, 0.3) is 0 Å². The molecule has 0 bridgehead atoms. The number of aryl methyl sites for hydroxylation is 1. The van der Waals surface area contributed by atoms with Gasteiger partial charge in [0, 0.05) is 24.4 Å². The number of alkyl carbamates (subject to hydrolysis) is 1. The van der Waals surface area contributed by atoms with E-state index in [2.05, 4.69) is 16.0 Å². The third-order valence-corrected chi connectivity index (χ3v) is 4.30. The van der Waals surface area contributed by atoms with Gasteiger partial charge in [0.2, 0.25) is 11.8 Å². The highest BCUT2D eigenvalue weighted by atomic mass is 35.5. The first-order valence-corrected chi connectivity index (χ1v) is 10.4. The summed E-state index contributed by atoms with van der Waals surface area (Å²) in [7, 11) is 0. The molecule has 2 aromatic carbocycles. The Balaban J connectivity index is 1.82. The minimum Gasteiger partial charge on any atom is -0.444 e. The first-order chi connectivity index (χ1) is 14.6. The smallest absolute Gasteiger partial charge is 0.407 e. The fourth-order valence-electron chi connectivity index (χ4n) is 2.63. The lowest BCUT2D eigenvalue weighted by Gasteiger charge is -2.19. The highest BCUT2D eigenvalue weighted by Crippen LogP contribution is 2.21. The highest BCUT2D eigenvalue weighted by Gasteiger charge is 2.16. The van der Waals surface area contributed by atoms with E-state index in [1.54, 1.807) is 57.2 Å². The van der Waals surface area contributed by atoms with Crippen LogP contribution in [0.25, 0.3) is 0 Å². The molecule has 0 fully saturated rings. The average molecular weight is 446 g/mol. The van der Waals surface area contributed by atoms with Gasteiger partial charge in [-0.1, -0.05) is 35.9 Å². The van der Waals surface area contributed by atoms with Crippen LogP contribution in [0.4, 0.5) is 16.2 Å². The van der Waals surface area contributed by atoms with Gasteiger partial charge < -0.3 is 20.7 Å². The van der Waals surface area contributed by atoms with Gasteiger partial charge in [-0.15, -0.1) is 0 Å². The Hall–Kier alpha value is -3.06. The van der Waals surface area contributed by atoms with Crippen LogP contribution in [-0.4, -0.2) is 30.1 Å². The van der Waals surface area contributed by atoms with Crippen LogP contribution in [-0.2, 0) is 20.7 Å². The van der Waals surface area contributed by atoms with Crippen molar-refractivity contribution in [2.24, 2.45) is 0 Å². The van der Waals surface area contributed by atoms with E-state index in [0.717, 1.165) is 5.56 Å². The number of para-hydroxylation sites is 2. The fourth-order valence-corrected chi connectivity index (χ4v) is 2.75. The molecular formula is C23H28ClN3O4. The summed E-state index contributed by atoms with van der Waals surface area (Å²) in [5.74, 6) is -0.456. The van der Waals surface area contributed by atoms with E-state index < -0.39 is 11.7 Å². The first kappa shape index (κ1) is 24.2. The molecular weight excluding hydrogens is 418 g/mol. The molecule has 0 radical (unpaired) electrons. The van der Waals surface area contributed by atoms with Crippen molar-refractivity contribution in [3.05, 3.63) is 59.1 Å². The molecule has 31 heavy (non-hydrogen) atoms. The van der Waals surface area contributed by atoms with Crippen molar-refractivity contribution < 1.29 is 19.1 Å². The molecule has 0 aliphatic rings. The van der Waals surface area contributed by atoms with E-state index in [4.69, 9.17) is 16.3 Å². The molecule has 3 amide bonds. The van der Waals surface area contributed by atoms with Crippen molar-refractivity contribution in [2.45, 2.75) is 45.6 Å². The zero-order valence-electron chi connectivity index (χ0n) is 18.0. The molecule has 2 aromatic rings. The lowest BCUT2D eigenvalue weighted by molar-refractivity contribution is -0.117. The molecule has 0 heterocycles. The number of hydrogen-bond donors (Lipinski definition) is 3. The molecule has 0 aliphatic carbocycles. The van der Waals surface area contributed by atoms with Gasteiger partial charge in [0.05, 0.1) is 11.4 Å². The number of nitrogens with one attached hydrogen (secondary N) is 3. The number of amides is 3. The second-order valence-corrected chi connectivity index (χ2v) is 8.38. The maximum absolute atomic E-state index is 12.3. The number of carbonyl (C=O) groups excluding carboxylic acids is 3. The van der Waals surface area contributed by atoms with Crippen molar-refractivity contribution in [3.63, 3.8) is 0 Å². The van der Waals surface area contributed by atoms with Crippen LogP contribution in [0.3, 0.4) is 0 Å². The molecule has 166 valence electrons. The zero-order chi connectivity index (χ0) is 22.9. The molecule has 2 rings (SSSR count). The predicted molar refractivity (Wildman–Crippen MR) is 122 cm³/mol. The lowest BCUT2D eigenvalue weighted by Crippen LogP contribution is -2.34. The second-order valence-electron chi connectivity index (χ2n) is 7.95. The minimum atomic E-state index is -0.600. The Morgan fingerprint density at radius 2 is 1.42 bits per heavy atom. The van der Waals surface area contributed by atoms with Crippen LogP contribution in [0.15, 0.2) is 48.5 Å². The summed E-state index contributed by atoms with van der Waals surface area (Å²) in [5.41, 5.74) is 1.41. The highest BCUT2D eigenvalue weighted by molar-refractivity contribution is 6.30. The summed E-state index contributed by atoms with van der Waals surface area (Å²) in [6, 6.07) is 14.3. The van der Waals surface area contributed by atoms with Crippen LogP contribution < -0.4 is 16.0 Å². The number of carbonyl (C=O) groups is 3. The number of ether oxygens (including phenoxy) is 1. The van der Waals surface area contributed by atoms with Gasteiger partial charge in [0.1, 0.15) is 5.60 Å². The van der Waals surface area contributed by atoms with Gasteiger partial charge in [-0.05, 0) is 57.0 Å². The first-order valence-electron chi connectivity index (χ1n) is 10.0. The molecule has 3 N–H and O–H groups in total. The van der Waals surface area contributed by atoms with Crippen LogP contribution in [0.1, 0.15) is 39.2 Å². The molecule has 8 heteroatoms. The van der Waals surface area contributed by atoms with Crippen molar-refractivity contribution in [2.75, 3.05) is 17.2 Å². The van der Waals surface area contributed by atoms with Gasteiger partial charge in [-0.2, -0.15) is 0 Å². The second kappa shape index (κ2) is 11.4. The molecule has 0 aromatic heterocycles. The van der Waals surface area contributed by atoms with Crippen molar-refractivity contribution in [1.29, 1.82) is 0 Å². The number of rotatable bonds is 8. The minimum absolute atomic E-state index is 0.0675. The number of benzene rings is 2. The summed E-state index contributed by atoms with van der Waals surface area (Å²) >= 11 is 5.87. The standard InChI is InChI=1S/C23H28ClN3O4/c1-23(2,3)31-22(30)25-15-14-21(29)27-19-7-5-4-6-18(19)26-20(28)13-10-16-8-11-17(24)12-9-16/h4-9,11-12H,10,13-15H2,1-3H3,(H,25,30)(H,26,28)(H,27,29).